The smallest absolute Gasteiger partial charge is 0.341 e. The highest BCUT2D eigenvalue weighted by molar-refractivity contribution is 6.14. The molecule has 0 aliphatic carbocycles. The Morgan fingerprint density at radius 2 is 1.84 bits per heavy atom. The lowest BCUT2D eigenvalue weighted by Crippen LogP contribution is -2.05. The number of esters is 1. The number of hydrogen-bond donors (Lipinski definition) is 1. The fourth-order valence-electron chi connectivity index (χ4n) is 4.11. The number of aromatic nitrogens is 1. The summed E-state index contributed by atoms with van der Waals surface area (Å²) in [5.74, 6) is -0.529. The maximum absolute atomic E-state index is 13.6. The summed E-state index contributed by atoms with van der Waals surface area (Å²) in [6, 6.07) is 13.2. The molecule has 0 spiro atoms. The van der Waals surface area contributed by atoms with Gasteiger partial charge in [-0.3, -0.25) is 4.79 Å². The lowest BCUT2D eigenvalue weighted by atomic mass is 9.96. The van der Waals surface area contributed by atoms with E-state index in [4.69, 9.17) is 13.9 Å². The van der Waals surface area contributed by atoms with Gasteiger partial charge in [-0.1, -0.05) is 6.07 Å². The monoisotopic (exact) mass is 431 g/mol. The molecular formula is C25H18FNO5. The molecule has 160 valence electrons. The standard InChI is InChI=1S/C25H18FNO5/c1-12-8-21(30-2)18(25(29)31-3)11-16(12)13-4-7-20-17(9-13)22-23(32-20)15-6-5-14(26)10-19(15)27-24(22)28/h4-11H,1-3H3,(H,27,28). The number of aromatic amines is 1. The van der Waals surface area contributed by atoms with E-state index in [0.29, 0.717) is 44.2 Å². The van der Waals surface area contributed by atoms with Gasteiger partial charge in [0.05, 0.1) is 25.1 Å². The van der Waals surface area contributed by atoms with Gasteiger partial charge in [0.15, 0.2) is 0 Å². The van der Waals surface area contributed by atoms with Gasteiger partial charge in [0.2, 0.25) is 0 Å². The summed E-state index contributed by atoms with van der Waals surface area (Å²) in [6.45, 7) is 1.91. The van der Waals surface area contributed by atoms with E-state index in [1.807, 2.05) is 19.1 Å². The Morgan fingerprint density at radius 1 is 1.03 bits per heavy atom. The van der Waals surface area contributed by atoms with Crippen LogP contribution < -0.4 is 10.3 Å². The Morgan fingerprint density at radius 3 is 2.59 bits per heavy atom. The van der Waals surface area contributed by atoms with Crippen LogP contribution in [0.1, 0.15) is 15.9 Å². The van der Waals surface area contributed by atoms with Crippen LogP contribution in [0.2, 0.25) is 0 Å². The molecule has 32 heavy (non-hydrogen) atoms. The number of carbonyl (C=O) groups excluding carboxylic acids is 1. The minimum absolute atomic E-state index is 0.304. The molecule has 0 aliphatic rings. The normalized spacial score (nSPS) is 11.4. The zero-order valence-corrected chi connectivity index (χ0v) is 17.5. The third-order valence-corrected chi connectivity index (χ3v) is 5.65. The van der Waals surface area contributed by atoms with Crippen LogP contribution in [0.3, 0.4) is 0 Å². The van der Waals surface area contributed by atoms with Crippen LogP contribution in [0.5, 0.6) is 5.75 Å². The highest BCUT2D eigenvalue weighted by atomic mass is 19.1. The maximum atomic E-state index is 13.6. The van der Waals surface area contributed by atoms with Gasteiger partial charge in [-0.25, -0.2) is 9.18 Å². The maximum Gasteiger partial charge on any atom is 0.341 e. The zero-order valence-electron chi connectivity index (χ0n) is 17.5. The second-order valence-electron chi connectivity index (χ2n) is 7.52. The fraction of sp³-hybridized carbons (Fsp3) is 0.120. The van der Waals surface area contributed by atoms with Crippen molar-refractivity contribution in [2.75, 3.05) is 14.2 Å². The number of carbonyl (C=O) groups is 1. The topological polar surface area (TPSA) is 81.5 Å². The molecule has 1 N–H and O–H groups in total. The first-order valence-corrected chi connectivity index (χ1v) is 9.86. The van der Waals surface area contributed by atoms with Crippen LogP contribution in [-0.4, -0.2) is 25.2 Å². The molecule has 0 atom stereocenters. The third-order valence-electron chi connectivity index (χ3n) is 5.65. The highest BCUT2D eigenvalue weighted by Crippen LogP contribution is 2.36. The van der Waals surface area contributed by atoms with Crippen LogP contribution >= 0.6 is 0 Å². The minimum atomic E-state index is -0.506. The van der Waals surface area contributed by atoms with E-state index in [-0.39, 0.29) is 5.56 Å². The first kappa shape index (κ1) is 19.8. The van der Waals surface area contributed by atoms with Crippen LogP contribution in [0.25, 0.3) is 44.0 Å². The number of furan rings is 1. The third kappa shape index (κ3) is 2.93. The fourth-order valence-corrected chi connectivity index (χ4v) is 4.11. The Bertz CT molecular complexity index is 1610. The van der Waals surface area contributed by atoms with Crippen molar-refractivity contribution in [1.82, 2.24) is 4.98 Å². The van der Waals surface area contributed by atoms with E-state index < -0.39 is 11.8 Å². The number of H-pyrrole nitrogens is 1. The molecular weight excluding hydrogens is 413 g/mol. The molecule has 0 amide bonds. The average Bonchev–Trinajstić information content (AvgIpc) is 3.17. The van der Waals surface area contributed by atoms with Crippen molar-refractivity contribution in [2.45, 2.75) is 6.92 Å². The van der Waals surface area contributed by atoms with E-state index in [0.717, 1.165) is 16.7 Å². The lowest BCUT2D eigenvalue weighted by Gasteiger charge is -2.13. The number of fused-ring (bicyclic) bond motifs is 5. The van der Waals surface area contributed by atoms with Gasteiger partial charge in [0.1, 0.15) is 28.3 Å². The molecule has 2 heterocycles. The van der Waals surface area contributed by atoms with Gasteiger partial charge >= 0.3 is 5.97 Å². The first-order valence-electron chi connectivity index (χ1n) is 9.86. The van der Waals surface area contributed by atoms with Crippen LogP contribution in [0, 0.1) is 12.7 Å². The summed E-state index contributed by atoms with van der Waals surface area (Å²) in [5.41, 5.74) is 3.72. The van der Waals surface area contributed by atoms with Crippen molar-refractivity contribution < 1.29 is 23.1 Å². The van der Waals surface area contributed by atoms with Crippen molar-refractivity contribution in [3.8, 4) is 16.9 Å². The summed E-state index contributed by atoms with van der Waals surface area (Å²) < 4.78 is 29.8. The van der Waals surface area contributed by atoms with Gasteiger partial charge in [0.25, 0.3) is 5.56 Å². The summed E-state index contributed by atoms with van der Waals surface area (Å²) in [7, 11) is 2.81. The molecule has 0 aliphatic heterocycles. The zero-order chi connectivity index (χ0) is 22.6. The Hall–Kier alpha value is -4.13. The number of rotatable bonds is 3. The first-order chi connectivity index (χ1) is 15.4. The molecule has 0 saturated carbocycles. The van der Waals surface area contributed by atoms with Gasteiger partial charge in [0, 0.05) is 10.8 Å². The molecule has 0 unspecified atom stereocenters. The quantitative estimate of drug-likeness (QED) is 0.390. The van der Waals surface area contributed by atoms with Crippen molar-refractivity contribution >= 4 is 38.8 Å². The number of ether oxygens (including phenoxy) is 2. The van der Waals surface area contributed by atoms with Crippen LogP contribution in [0.4, 0.5) is 4.39 Å². The Kier molecular flexibility index (Phi) is 4.48. The Labute approximate surface area is 181 Å². The summed E-state index contributed by atoms with van der Waals surface area (Å²) in [6.07, 6.45) is 0. The number of nitrogens with one attached hydrogen (secondary N) is 1. The van der Waals surface area contributed by atoms with Crippen molar-refractivity contribution in [2.24, 2.45) is 0 Å². The van der Waals surface area contributed by atoms with Gasteiger partial charge in [-0.2, -0.15) is 0 Å². The molecule has 0 bridgehead atoms. The predicted molar refractivity (Wildman–Crippen MR) is 120 cm³/mol. The largest absolute Gasteiger partial charge is 0.496 e. The van der Waals surface area contributed by atoms with E-state index >= 15 is 0 Å². The molecule has 5 rings (SSSR count). The van der Waals surface area contributed by atoms with Gasteiger partial charge in [-0.05, 0) is 66.1 Å². The molecule has 2 aromatic heterocycles. The molecule has 6 nitrogen and oxygen atoms in total. The number of methoxy groups -OCH3 is 2. The van der Waals surface area contributed by atoms with Crippen LogP contribution in [0.15, 0.2) is 57.7 Å². The minimum Gasteiger partial charge on any atom is -0.496 e. The van der Waals surface area contributed by atoms with Crippen molar-refractivity contribution in [3.63, 3.8) is 0 Å². The summed E-state index contributed by atoms with van der Waals surface area (Å²) in [4.78, 5) is 27.8. The summed E-state index contributed by atoms with van der Waals surface area (Å²) >= 11 is 0. The second-order valence-corrected chi connectivity index (χ2v) is 7.52. The molecule has 5 aromatic rings. The van der Waals surface area contributed by atoms with E-state index in [1.54, 1.807) is 24.3 Å². The summed E-state index contributed by atoms with van der Waals surface area (Å²) in [5, 5.41) is 1.63. The average molecular weight is 431 g/mol. The SMILES string of the molecule is COC(=O)c1cc(-c2ccc3oc4c5ccc(F)cc5[nH]c(=O)c4c3c2)c(C)cc1OC. The van der Waals surface area contributed by atoms with Crippen LogP contribution in [-0.2, 0) is 4.74 Å². The van der Waals surface area contributed by atoms with E-state index in [1.165, 1.54) is 26.4 Å². The molecule has 7 heteroatoms. The predicted octanol–water partition coefficient (Wildman–Crippen LogP) is 5.34. The number of pyridine rings is 1. The van der Waals surface area contributed by atoms with Crippen molar-refractivity contribution in [1.29, 1.82) is 0 Å². The highest BCUT2D eigenvalue weighted by Gasteiger charge is 2.19. The van der Waals surface area contributed by atoms with Gasteiger partial charge < -0.3 is 18.9 Å². The molecule has 0 radical (unpaired) electrons. The van der Waals surface area contributed by atoms with Crippen molar-refractivity contribution in [3.05, 3.63) is 75.8 Å². The van der Waals surface area contributed by atoms with E-state index in [2.05, 4.69) is 4.98 Å². The van der Waals surface area contributed by atoms with E-state index in [9.17, 15) is 14.0 Å². The second kappa shape index (κ2) is 7.23. The lowest BCUT2D eigenvalue weighted by molar-refractivity contribution is 0.0597. The molecule has 0 fully saturated rings. The Balaban J connectivity index is 1.79. The molecule has 3 aromatic carbocycles. The number of benzene rings is 3. The molecule has 0 saturated heterocycles. The number of hydrogen-bond acceptors (Lipinski definition) is 5. The van der Waals surface area contributed by atoms with Gasteiger partial charge in [-0.15, -0.1) is 0 Å². The number of halogens is 1. The number of aryl methyl sites for hydroxylation is 1.